The third kappa shape index (κ3) is 3.21. The van der Waals surface area contributed by atoms with Crippen LogP contribution in [-0.2, 0) is 0 Å². The van der Waals surface area contributed by atoms with Crippen molar-refractivity contribution in [2.45, 2.75) is 82.8 Å². The van der Waals surface area contributed by atoms with E-state index in [9.17, 15) is 0 Å². The Balaban J connectivity index is 1.84. The van der Waals surface area contributed by atoms with Crippen LogP contribution >= 0.6 is 0 Å². The lowest BCUT2D eigenvalue weighted by atomic mass is 9.80. The van der Waals surface area contributed by atoms with E-state index >= 15 is 0 Å². The summed E-state index contributed by atoms with van der Waals surface area (Å²) in [5.41, 5.74) is 6.39. The second-order valence-corrected chi connectivity index (χ2v) is 6.10. The van der Waals surface area contributed by atoms with E-state index < -0.39 is 0 Å². The number of nitrogens with two attached hydrogens (primary N) is 1. The minimum atomic E-state index is -0.123. The molecule has 3 N–H and O–H groups in total. The Kier molecular flexibility index (Phi) is 4.26. The van der Waals surface area contributed by atoms with E-state index in [0.29, 0.717) is 12.0 Å². The molecule has 0 aromatic carbocycles. The average molecular weight is 224 g/mol. The minimum Gasteiger partial charge on any atom is -0.313 e. The Hall–Kier alpha value is -0.0800. The summed E-state index contributed by atoms with van der Waals surface area (Å²) in [5.74, 6) is 0.697. The molecule has 0 spiro atoms. The molecule has 0 bridgehead atoms. The van der Waals surface area contributed by atoms with E-state index in [1.165, 1.54) is 64.2 Å². The van der Waals surface area contributed by atoms with Crippen molar-refractivity contribution in [1.82, 2.24) is 5.32 Å². The average Bonchev–Trinajstić information content (AvgIpc) is 2.31. The molecule has 2 rings (SSSR count). The van der Waals surface area contributed by atoms with E-state index in [2.05, 4.69) is 12.2 Å². The highest BCUT2D eigenvalue weighted by molar-refractivity contribution is 4.89. The first-order chi connectivity index (χ1) is 7.68. The molecule has 0 saturated heterocycles. The first-order valence-corrected chi connectivity index (χ1v) is 7.25. The predicted molar refractivity (Wildman–Crippen MR) is 69.2 cm³/mol. The Bertz CT molecular complexity index is 201. The molecular weight excluding hydrogens is 196 g/mol. The number of hydrogen-bond donors (Lipinski definition) is 2. The smallest absolute Gasteiger partial charge is 0.0663 e. The molecule has 0 aliphatic heterocycles. The highest BCUT2D eigenvalue weighted by Gasteiger charge is 2.33. The Morgan fingerprint density at radius 2 is 1.38 bits per heavy atom. The highest BCUT2D eigenvalue weighted by Crippen LogP contribution is 2.31. The van der Waals surface area contributed by atoms with Crippen LogP contribution in [0.3, 0.4) is 0 Å². The van der Waals surface area contributed by atoms with Gasteiger partial charge in [-0.25, -0.2) is 0 Å². The summed E-state index contributed by atoms with van der Waals surface area (Å²) in [7, 11) is 0. The fraction of sp³-hybridized carbons (Fsp3) is 1.00. The normalized spacial score (nSPS) is 28.9. The summed E-state index contributed by atoms with van der Waals surface area (Å²) < 4.78 is 0. The van der Waals surface area contributed by atoms with Gasteiger partial charge in [-0.1, -0.05) is 38.5 Å². The maximum absolute atomic E-state index is 6.51. The standard InChI is InChI=1S/C14H28N2/c1-14(15,12-8-4-2-5-9-12)16-13-10-6-3-7-11-13/h12-13,16H,2-11,15H2,1H3. The third-order valence-electron chi connectivity index (χ3n) is 4.57. The van der Waals surface area contributed by atoms with Crippen LogP contribution in [-0.4, -0.2) is 11.7 Å². The molecule has 2 nitrogen and oxygen atoms in total. The molecule has 94 valence electrons. The second-order valence-electron chi connectivity index (χ2n) is 6.10. The molecule has 1 unspecified atom stereocenters. The van der Waals surface area contributed by atoms with Gasteiger partial charge in [-0.2, -0.15) is 0 Å². The Labute approximate surface area is 100 Å². The molecule has 0 aromatic heterocycles. The summed E-state index contributed by atoms with van der Waals surface area (Å²) in [5, 5.41) is 3.74. The molecule has 0 aromatic rings. The molecule has 2 aliphatic carbocycles. The first-order valence-electron chi connectivity index (χ1n) is 7.25. The number of nitrogens with one attached hydrogen (secondary N) is 1. The van der Waals surface area contributed by atoms with Crippen molar-refractivity contribution >= 4 is 0 Å². The van der Waals surface area contributed by atoms with Crippen molar-refractivity contribution < 1.29 is 0 Å². The van der Waals surface area contributed by atoms with Crippen molar-refractivity contribution in [1.29, 1.82) is 0 Å². The van der Waals surface area contributed by atoms with E-state index in [4.69, 9.17) is 5.73 Å². The van der Waals surface area contributed by atoms with Crippen LogP contribution in [0.15, 0.2) is 0 Å². The van der Waals surface area contributed by atoms with Gasteiger partial charge in [-0.15, -0.1) is 0 Å². The summed E-state index contributed by atoms with van der Waals surface area (Å²) in [6.45, 7) is 2.22. The van der Waals surface area contributed by atoms with Crippen LogP contribution in [0.2, 0.25) is 0 Å². The van der Waals surface area contributed by atoms with Crippen molar-refractivity contribution in [2.75, 3.05) is 0 Å². The zero-order valence-electron chi connectivity index (χ0n) is 10.8. The maximum atomic E-state index is 6.51. The molecule has 0 heterocycles. The number of hydrogen-bond acceptors (Lipinski definition) is 2. The SMILES string of the molecule is CC(N)(NC1CCCCC1)C1CCCCC1. The van der Waals surface area contributed by atoms with Gasteiger partial charge in [-0.3, -0.25) is 5.32 Å². The topological polar surface area (TPSA) is 38.0 Å². The van der Waals surface area contributed by atoms with Gasteiger partial charge in [0.1, 0.15) is 0 Å². The zero-order chi connectivity index (χ0) is 11.4. The molecule has 1 atom stereocenters. The Morgan fingerprint density at radius 3 is 1.94 bits per heavy atom. The maximum Gasteiger partial charge on any atom is 0.0663 e. The summed E-state index contributed by atoms with van der Waals surface area (Å²) in [6.07, 6.45) is 13.7. The van der Waals surface area contributed by atoms with E-state index in [0.717, 1.165) is 0 Å². The van der Waals surface area contributed by atoms with Gasteiger partial charge in [-0.05, 0) is 38.5 Å². The lowest BCUT2D eigenvalue weighted by Crippen LogP contribution is -2.60. The summed E-state index contributed by atoms with van der Waals surface area (Å²) in [4.78, 5) is 0. The van der Waals surface area contributed by atoms with Gasteiger partial charge in [0.15, 0.2) is 0 Å². The van der Waals surface area contributed by atoms with Gasteiger partial charge >= 0.3 is 0 Å². The molecule has 0 amide bonds. The van der Waals surface area contributed by atoms with Gasteiger partial charge in [0.05, 0.1) is 5.66 Å². The van der Waals surface area contributed by atoms with Crippen molar-refractivity contribution in [3.8, 4) is 0 Å². The van der Waals surface area contributed by atoms with Crippen LogP contribution in [0.4, 0.5) is 0 Å². The molecule has 2 aliphatic rings. The lowest BCUT2D eigenvalue weighted by Gasteiger charge is -2.41. The zero-order valence-corrected chi connectivity index (χ0v) is 10.8. The summed E-state index contributed by atoms with van der Waals surface area (Å²) in [6, 6.07) is 0.686. The Morgan fingerprint density at radius 1 is 0.875 bits per heavy atom. The third-order valence-corrected chi connectivity index (χ3v) is 4.57. The van der Waals surface area contributed by atoms with Gasteiger partial charge in [0.2, 0.25) is 0 Å². The van der Waals surface area contributed by atoms with E-state index in [-0.39, 0.29) is 5.66 Å². The van der Waals surface area contributed by atoms with E-state index in [1.807, 2.05) is 0 Å². The van der Waals surface area contributed by atoms with Crippen molar-refractivity contribution in [2.24, 2.45) is 11.7 Å². The van der Waals surface area contributed by atoms with Crippen LogP contribution in [0.5, 0.6) is 0 Å². The summed E-state index contributed by atoms with van der Waals surface area (Å²) >= 11 is 0. The van der Waals surface area contributed by atoms with Crippen LogP contribution < -0.4 is 11.1 Å². The van der Waals surface area contributed by atoms with Gasteiger partial charge < -0.3 is 5.73 Å². The van der Waals surface area contributed by atoms with Crippen molar-refractivity contribution in [3.63, 3.8) is 0 Å². The van der Waals surface area contributed by atoms with Crippen molar-refractivity contribution in [3.05, 3.63) is 0 Å². The fourth-order valence-electron chi connectivity index (χ4n) is 3.51. The van der Waals surface area contributed by atoms with Crippen LogP contribution in [0.25, 0.3) is 0 Å². The first kappa shape index (κ1) is 12.4. The molecule has 2 heteroatoms. The fourth-order valence-corrected chi connectivity index (χ4v) is 3.51. The van der Waals surface area contributed by atoms with E-state index in [1.54, 1.807) is 0 Å². The van der Waals surface area contributed by atoms with Crippen LogP contribution in [0, 0.1) is 5.92 Å². The molecule has 16 heavy (non-hydrogen) atoms. The lowest BCUT2D eigenvalue weighted by molar-refractivity contribution is 0.153. The van der Waals surface area contributed by atoms with Gasteiger partial charge in [0, 0.05) is 6.04 Å². The quantitative estimate of drug-likeness (QED) is 0.723. The highest BCUT2D eigenvalue weighted by atomic mass is 15.1. The van der Waals surface area contributed by atoms with Crippen LogP contribution in [0.1, 0.15) is 71.1 Å². The number of rotatable bonds is 3. The minimum absolute atomic E-state index is 0.123. The van der Waals surface area contributed by atoms with Gasteiger partial charge in [0.25, 0.3) is 0 Å². The molecule has 0 radical (unpaired) electrons. The second kappa shape index (κ2) is 5.50. The molecule has 2 fully saturated rings. The largest absolute Gasteiger partial charge is 0.313 e. The molecule has 2 saturated carbocycles. The monoisotopic (exact) mass is 224 g/mol. The molecular formula is C14H28N2. The predicted octanol–water partition coefficient (Wildman–Crippen LogP) is 3.16.